The van der Waals surface area contributed by atoms with Gasteiger partial charge in [0.15, 0.2) is 0 Å². The summed E-state index contributed by atoms with van der Waals surface area (Å²) in [6.07, 6.45) is 3.81. The molecule has 0 aromatic heterocycles. The number of nitrogens with two attached hydrogens (primary N) is 1. The van der Waals surface area contributed by atoms with Crippen LogP contribution in [0, 0.1) is 11.3 Å². The number of benzene rings is 1. The zero-order valence-corrected chi connectivity index (χ0v) is 8.99. The summed E-state index contributed by atoms with van der Waals surface area (Å²) < 4.78 is 0. The van der Waals surface area contributed by atoms with Crippen LogP contribution in [0.4, 0.5) is 0 Å². The minimum atomic E-state index is 0.669. The highest BCUT2D eigenvalue weighted by Crippen LogP contribution is 2.07. The van der Waals surface area contributed by atoms with Crippen molar-refractivity contribution in [3.63, 3.8) is 0 Å². The lowest BCUT2D eigenvalue weighted by atomic mass is 10.1. The van der Waals surface area contributed by atoms with Crippen LogP contribution >= 0.6 is 0 Å². The molecule has 0 heterocycles. The van der Waals surface area contributed by atoms with Gasteiger partial charge in [-0.2, -0.15) is 5.26 Å². The van der Waals surface area contributed by atoms with E-state index in [1.54, 1.807) is 12.1 Å². The topological polar surface area (TPSA) is 49.8 Å². The van der Waals surface area contributed by atoms with Crippen LogP contribution in [0.1, 0.15) is 25.0 Å². The molecule has 0 aliphatic carbocycles. The van der Waals surface area contributed by atoms with Crippen molar-refractivity contribution in [2.75, 3.05) is 0 Å². The Morgan fingerprint density at radius 2 is 1.87 bits per heavy atom. The van der Waals surface area contributed by atoms with Gasteiger partial charge in [0.2, 0.25) is 0 Å². The third kappa shape index (κ3) is 3.32. The van der Waals surface area contributed by atoms with E-state index in [1.807, 2.05) is 38.1 Å². The van der Waals surface area contributed by atoms with Gasteiger partial charge in [0, 0.05) is 5.70 Å². The van der Waals surface area contributed by atoms with Gasteiger partial charge in [-0.25, -0.2) is 0 Å². The largest absolute Gasteiger partial charge is 0.399 e. The zero-order valence-electron chi connectivity index (χ0n) is 8.99. The van der Waals surface area contributed by atoms with Gasteiger partial charge in [0.05, 0.1) is 11.6 Å². The average Bonchev–Trinajstić information content (AvgIpc) is 2.26. The second kappa shape index (κ2) is 5.02. The first-order valence-electron chi connectivity index (χ1n) is 4.74. The highest BCUT2D eigenvalue weighted by atomic mass is 14.6. The van der Waals surface area contributed by atoms with Crippen LogP contribution in [0.25, 0.3) is 6.08 Å². The summed E-state index contributed by atoms with van der Waals surface area (Å²) in [4.78, 5) is 0. The third-order valence-corrected chi connectivity index (χ3v) is 2.07. The van der Waals surface area contributed by atoms with Gasteiger partial charge < -0.3 is 5.73 Å². The Kier molecular flexibility index (Phi) is 3.70. The number of allylic oxidation sites excluding steroid dienone is 2. The van der Waals surface area contributed by atoms with Gasteiger partial charge in [-0.3, -0.25) is 0 Å². The minimum Gasteiger partial charge on any atom is -0.399 e. The van der Waals surface area contributed by atoms with Crippen molar-refractivity contribution in [2.24, 2.45) is 5.73 Å². The van der Waals surface area contributed by atoms with E-state index < -0.39 is 0 Å². The molecule has 0 amide bonds. The van der Waals surface area contributed by atoms with E-state index >= 15 is 0 Å². The molecule has 0 spiro atoms. The summed E-state index contributed by atoms with van der Waals surface area (Å²) in [7, 11) is 0. The Balaban J connectivity index is 2.83. The van der Waals surface area contributed by atoms with E-state index in [9.17, 15) is 0 Å². The molecule has 2 nitrogen and oxygen atoms in total. The molecule has 1 rings (SSSR count). The predicted octanol–water partition coefficient (Wildman–Crippen LogP) is 2.82. The van der Waals surface area contributed by atoms with Crippen molar-refractivity contribution >= 4 is 6.08 Å². The first-order chi connectivity index (χ1) is 7.13. The van der Waals surface area contributed by atoms with Gasteiger partial charge in [0.25, 0.3) is 0 Å². The highest BCUT2D eigenvalue weighted by Gasteiger charge is 1.90. The SMILES string of the molecule is CC(C)=C(N)/C=C/c1ccc(C#N)cc1. The normalized spacial score (nSPS) is 9.93. The van der Waals surface area contributed by atoms with Crippen molar-refractivity contribution in [1.29, 1.82) is 5.26 Å². The van der Waals surface area contributed by atoms with Crippen LogP contribution in [0.2, 0.25) is 0 Å². The van der Waals surface area contributed by atoms with E-state index in [2.05, 4.69) is 6.07 Å². The second-order valence-corrected chi connectivity index (χ2v) is 3.52. The molecule has 0 atom stereocenters. The number of hydrogen-bond acceptors (Lipinski definition) is 2. The maximum absolute atomic E-state index is 8.62. The summed E-state index contributed by atoms with van der Waals surface area (Å²) in [5.74, 6) is 0. The van der Waals surface area contributed by atoms with Crippen LogP contribution in [-0.2, 0) is 0 Å². The Morgan fingerprint density at radius 3 is 2.33 bits per heavy atom. The molecule has 2 heteroatoms. The summed E-state index contributed by atoms with van der Waals surface area (Å²) in [6, 6.07) is 9.45. The molecule has 2 N–H and O–H groups in total. The number of nitrogens with zero attached hydrogens (tertiary/aromatic N) is 1. The smallest absolute Gasteiger partial charge is 0.0991 e. The number of nitriles is 1. The molecule has 0 aliphatic heterocycles. The maximum atomic E-state index is 8.62. The molecule has 0 radical (unpaired) electrons. The third-order valence-electron chi connectivity index (χ3n) is 2.07. The molecule has 1 aromatic rings. The molecule has 76 valence electrons. The Hall–Kier alpha value is -2.01. The first-order valence-corrected chi connectivity index (χ1v) is 4.74. The Bertz CT molecular complexity index is 427. The highest BCUT2D eigenvalue weighted by molar-refractivity contribution is 5.54. The Labute approximate surface area is 90.3 Å². The molecule has 0 saturated carbocycles. The van der Waals surface area contributed by atoms with E-state index in [-0.39, 0.29) is 0 Å². The molecule has 0 fully saturated rings. The quantitative estimate of drug-likeness (QED) is 0.743. The maximum Gasteiger partial charge on any atom is 0.0991 e. The van der Waals surface area contributed by atoms with Gasteiger partial charge >= 0.3 is 0 Å². The predicted molar refractivity (Wildman–Crippen MR) is 62.8 cm³/mol. The molecule has 0 saturated heterocycles. The van der Waals surface area contributed by atoms with E-state index in [4.69, 9.17) is 11.0 Å². The summed E-state index contributed by atoms with van der Waals surface area (Å²) in [5.41, 5.74) is 9.34. The van der Waals surface area contributed by atoms with Crippen molar-refractivity contribution in [1.82, 2.24) is 0 Å². The molecule has 0 aliphatic rings. The fourth-order valence-corrected chi connectivity index (χ4v) is 1.02. The molecular formula is C13H14N2. The summed E-state index contributed by atoms with van der Waals surface area (Å²) in [6.45, 7) is 3.94. The number of hydrogen-bond donors (Lipinski definition) is 1. The van der Waals surface area contributed by atoms with E-state index in [1.165, 1.54) is 0 Å². The van der Waals surface area contributed by atoms with Crippen LogP contribution in [0.15, 0.2) is 41.6 Å². The van der Waals surface area contributed by atoms with Crippen LogP contribution in [0.3, 0.4) is 0 Å². The average molecular weight is 198 g/mol. The summed E-state index contributed by atoms with van der Waals surface area (Å²) >= 11 is 0. The van der Waals surface area contributed by atoms with Crippen LogP contribution in [0.5, 0.6) is 0 Å². The lowest BCUT2D eigenvalue weighted by Gasteiger charge is -1.96. The molecule has 1 aromatic carbocycles. The fourth-order valence-electron chi connectivity index (χ4n) is 1.02. The monoisotopic (exact) mass is 198 g/mol. The standard InChI is InChI=1S/C13H14N2/c1-10(2)13(15)8-7-11-3-5-12(9-14)6-4-11/h3-8H,15H2,1-2H3/b8-7+. The van der Waals surface area contributed by atoms with Crippen molar-refractivity contribution in [3.05, 3.63) is 52.7 Å². The summed E-state index contributed by atoms with van der Waals surface area (Å²) in [5, 5.41) is 8.62. The van der Waals surface area contributed by atoms with E-state index in [0.29, 0.717) is 5.56 Å². The Morgan fingerprint density at radius 1 is 1.27 bits per heavy atom. The van der Waals surface area contributed by atoms with Crippen LogP contribution in [-0.4, -0.2) is 0 Å². The molecule has 0 unspecified atom stereocenters. The van der Waals surface area contributed by atoms with Gasteiger partial charge in [-0.15, -0.1) is 0 Å². The van der Waals surface area contributed by atoms with Crippen molar-refractivity contribution < 1.29 is 0 Å². The number of rotatable bonds is 2. The first kappa shape index (κ1) is 11.1. The second-order valence-electron chi connectivity index (χ2n) is 3.52. The van der Waals surface area contributed by atoms with Crippen molar-refractivity contribution in [3.8, 4) is 6.07 Å². The van der Waals surface area contributed by atoms with E-state index in [0.717, 1.165) is 16.8 Å². The minimum absolute atomic E-state index is 0.669. The van der Waals surface area contributed by atoms with Gasteiger partial charge in [-0.05, 0) is 37.6 Å². The molecule has 15 heavy (non-hydrogen) atoms. The molecule has 0 bridgehead atoms. The lowest BCUT2D eigenvalue weighted by molar-refractivity contribution is 1.26. The fraction of sp³-hybridized carbons (Fsp3) is 0.154. The van der Waals surface area contributed by atoms with Crippen molar-refractivity contribution in [2.45, 2.75) is 13.8 Å². The van der Waals surface area contributed by atoms with Gasteiger partial charge in [-0.1, -0.05) is 23.8 Å². The van der Waals surface area contributed by atoms with Gasteiger partial charge in [0.1, 0.15) is 0 Å². The zero-order chi connectivity index (χ0) is 11.3. The van der Waals surface area contributed by atoms with Crippen LogP contribution < -0.4 is 5.73 Å². The lowest BCUT2D eigenvalue weighted by Crippen LogP contribution is -1.94. The molecular weight excluding hydrogens is 184 g/mol.